The normalized spacial score (nSPS) is 10.7. The van der Waals surface area contributed by atoms with E-state index in [0.717, 1.165) is 53.4 Å². The highest BCUT2D eigenvalue weighted by atomic mass is 19.1. The Hall–Kier alpha value is -1.97. The summed E-state index contributed by atoms with van der Waals surface area (Å²) in [6.07, 6.45) is 1.78. The van der Waals surface area contributed by atoms with Crippen LogP contribution in [0.15, 0.2) is 18.2 Å². The summed E-state index contributed by atoms with van der Waals surface area (Å²) in [5.41, 5.74) is 3.64. The summed E-state index contributed by atoms with van der Waals surface area (Å²) in [6, 6.07) is 4.82. The fraction of sp³-hybridized carbons (Fsp3) is 0.412. The second kappa shape index (κ2) is 6.66. The van der Waals surface area contributed by atoms with Crippen LogP contribution in [0, 0.1) is 19.7 Å². The molecule has 0 aliphatic rings. The van der Waals surface area contributed by atoms with Crippen molar-refractivity contribution in [2.75, 3.05) is 11.9 Å². The van der Waals surface area contributed by atoms with Crippen LogP contribution >= 0.6 is 0 Å². The Morgan fingerprint density at radius 3 is 2.57 bits per heavy atom. The van der Waals surface area contributed by atoms with Crippen molar-refractivity contribution < 1.29 is 4.39 Å². The quantitative estimate of drug-likeness (QED) is 0.891. The number of rotatable bonds is 5. The average Bonchev–Trinajstić information content (AvgIpc) is 2.49. The summed E-state index contributed by atoms with van der Waals surface area (Å²) < 4.78 is 13.6. The zero-order valence-corrected chi connectivity index (χ0v) is 13.1. The highest BCUT2D eigenvalue weighted by Gasteiger charge is 2.14. The fourth-order valence-corrected chi connectivity index (χ4v) is 2.25. The van der Waals surface area contributed by atoms with Gasteiger partial charge in [0, 0.05) is 24.1 Å². The topological polar surface area (TPSA) is 37.8 Å². The maximum atomic E-state index is 13.6. The van der Waals surface area contributed by atoms with Crippen molar-refractivity contribution in [2.24, 2.45) is 0 Å². The number of hydrogen-bond donors (Lipinski definition) is 1. The van der Waals surface area contributed by atoms with Crippen LogP contribution in [0.1, 0.15) is 37.2 Å². The number of aromatic nitrogens is 2. The molecule has 2 aromatic rings. The molecule has 2 rings (SSSR count). The number of aryl methyl sites for hydroxylation is 2. The lowest BCUT2D eigenvalue weighted by Crippen LogP contribution is -2.09. The number of nitrogens with one attached hydrogen (secondary N) is 1. The van der Waals surface area contributed by atoms with E-state index in [0.29, 0.717) is 0 Å². The minimum atomic E-state index is -0.241. The molecule has 0 bridgehead atoms. The summed E-state index contributed by atoms with van der Waals surface area (Å²) in [5.74, 6) is 1.38. The van der Waals surface area contributed by atoms with Gasteiger partial charge in [-0.1, -0.05) is 19.9 Å². The summed E-state index contributed by atoms with van der Waals surface area (Å²) in [4.78, 5) is 9.16. The van der Waals surface area contributed by atoms with Gasteiger partial charge >= 0.3 is 0 Å². The third kappa shape index (κ3) is 3.38. The Labute approximate surface area is 125 Å². The maximum Gasteiger partial charge on any atom is 0.133 e. The lowest BCUT2D eigenvalue weighted by molar-refractivity contribution is 0.628. The van der Waals surface area contributed by atoms with Gasteiger partial charge in [-0.2, -0.15) is 0 Å². The summed E-state index contributed by atoms with van der Waals surface area (Å²) in [6.45, 7) is 8.96. The van der Waals surface area contributed by atoms with Crippen molar-refractivity contribution >= 4 is 5.82 Å². The molecular formula is C17H22FN3. The van der Waals surface area contributed by atoms with Gasteiger partial charge in [-0.25, -0.2) is 14.4 Å². The molecule has 4 heteroatoms. The van der Waals surface area contributed by atoms with E-state index in [1.807, 2.05) is 20.8 Å². The number of halogens is 1. The molecule has 0 aliphatic carbocycles. The molecule has 0 spiro atoms. The van der Waals surface area contributed by atoms with Crippen LogP contribution in [0.25, 0.3) is 11.3 Å². The molecule has 0 saturated carbocycles. The van der Waals surface area contributed by atoms with Gasteiger partial charge in [-0.05, 0) is 38.0 Å². The van der Waals surface area contributed by atoms with E-state index in [1.54, 1.807) is 12.1 Å². The SMILES string of the molecule is CCCNc1nc(CC)nc(-c2cc(F)ccc2C)c1C. The minimum Gasteiger partial charge on any atom is -0.370 e. The Morgan fingerprint density at radius 1 is 1.14 bits per heavy atom. The van der Waals surface area contributed by atoms with E-state index < -0.39 is 0 Å². The highest BCUT2D eigenvalue weighted by molar-refractivity contribution is 5.71. The standard InChI is InChI=1S/C17H22FN3/c1-5-9-19-17-12(4)16(20-15(6-2)21-17)14-10-13(18)8-7-11(14)3/h7-8,10H,5-6,9H2,1-4H3,(H,19,20,21). The van der Waals surface area contributed by atoms with Crippen LogP contribution < -0.4 is 5.32 Å². The number of hydrogen-bond acceptors (Lipinski definition) is 3. The molecule has 0 unspecified atom stereocenters. The third-order valence-corrected chi connectivity index (χ3v) is 3.51. The smallest absolute Gasteiger partial charge is 0.133 e. The van der Waals surface area contributed by atoms with Gasteiger partial charge in [-0.3, -0.25) is 0 Å². The molecule has 1 aromatic carbocycles. The molecule has 1 heterocycles. The molecule has 1 aromatic heterocycles. The zero-order chi connectivity index (χ0) is 15.4. The van der Waals surface area contributed by atoms with E-state index in [4.69, 9.17) is 0 Å². The first kappa shape index (κ1) is 15.4. The molecule has 0 fully saturated rings. The lowest BCUT2D eigenvalue weighted by Gasteiger charge is -2.15. The molecule has 0 radical (unpaired) electrons. The molecule has 0 saturated heterocycles. The predicted molar refractivity (Wildman–Crippen MR) is 85.1 cm³/mol. The molecule has 1 N–H and O–H groups in total. The van der Waals surface area contributed by atoms with Gasteiger partial charge in [0.05, 0.1) is 5.69 Å². The second-order valence-electron chi connectivity index (χ2n) is 5.20. The summed E-state index contributed by atoms with van der Waals surface area (Å²) >= 11 is 0. The van der Waals surface area contributed by atoms with Crippen molar-refractivity contribution in [1.82, 2.24) is 9.97 Å². The van der Waals surface area contributed by atoms with Crippen LogP contribution in [-0.2, 0) is 6.42 Å². The van der Waals surface area contributed by atoms with E-state index in [2.05, 4.69) is 22.2 Å². The molecule has 0 atom stereocenters. The van der Waals surface area contributed by atoms with Gasteiger partial charge in [0.1, 0.15) is 17.5 Å². The molecular weight excluding hydrogens is 265 g/mol. The fourth-order valence-electron chi connectivity index (χ4n) is 2.25. The van der Waals surface area contributed by atoms with E-state index in [9.17, 15) is 4.39 Å². The number of benzene rings is 1. The summed E-state index contributed by atoms with van der Waals surface area (Å²) in [5, 5.41) is 3.34. The van der Waals surface area contributed by atoms with E-state index >= 15 is 0 Å². The largest absolute Gasteiger partial charge is 0.370 e. The van der Waals surface area contributed by atoms with Gasteiger partial charge < -0.3 is 5.32 Å². The third-order valence-electron chi connectivity index (χ3n) is 3.51. The first-order valence-corrected chi connectivity index (χ1v) is 7.44. The van der Waals surface area contributed by atoms with Crippen molar-refractivity contribution in [2.45, 2.75) is 40.5 Å². The van der Waals surface area contributed by atoms with Gasteiger partial charge in [0.15, 0.2) is 0 Å². The lowest BCUT2D eigenvalue weighted by atomic mass is 10.0. The monoisotopic (exact) mass is 287 g/mol. The van der Waals surface area contributed by atoms with Crippen LogP contribution in [-0.4, -0.2) is 16.5 Å². The van der Waals surface area contributed by atoms with Crippen molar-refractivity contribution in [1.29, 1.82) is 0 Å². The van der Waals surface area contributed by atoms with Gasteiger partial charge in [0.2, 0.25) is 0 Å². The first-order valence-electron chi connectivity index (χ1n) is 7.44. The van der Waals surface area contributed by atoms with Crippen molar-refractivity contribution in [3.8, 4) is 11.3 Å². The van der Waals surface area contributed by atoms with Crippen LogP contribution in [0.3, 0.4) is 0 Å². The Kier molecular flexibility index (Phi) is 4.89. The van der Waals surface area contributed by atoms with Gasteiger partial charge in [-0.15, -0.1) is 0 Å². The molecule has 3 nitrogen and oxygen atoms in total. The number of nitrogens with zero attached hydrogens (tertiary/aromatic N) is 2. The molecule has 112 valence electrons. The second-order valence-corrected chi connectivity index (χ2v) is 5.20. The summed E-state index contributed by atoms with van der Waals surface area (Å²) in [7, 11) is 0. The van der Waals surface area contributed by atoms with Crippen LogP contribution in [0.2, 0.25) is 0 Å². The molecule has 0 amide bonds. The minimum absolute atomic E-state index is 0.241. The zero-order valence-electron chi connectivity index (χ0n) is 13.1. The van der Waals surface area contributed by atoms with E-state index in [1.165, 1.54) is 6.07 Å². The van der Waals surface area contributed by atoms with E-state index in [-0.39, 0.29) is 5.82 Å². The maximum absolute atomic E-state index is 13.6. The van der Waals surface area contributed by atoms with Crippen LogP contribution in [0.4, 0.5) is 10.2 Å². The Bertz CT molecular complexity index is 638. The van der Waals surface area contributed by atoms with Crippen molar-refractivity contribution in [3.63, 3.8) is 0 Å². The highest BCUT2D eigenvalue weighted by Crippen LogP contribution is 2.29. The number of anilines is 1. The molecule has 21 heavy (non-hydrogen) atoms. The Morgan fingerprint density at radius 2 is 1.90 bits per heavy atom. The Balaban J connectivity index is 2.58. The van der Waals surface area contributed by atoms with Gasteiger partial charge in [0.25, 0.3) is 0 Å². The average molecular weight is 287 g/mol. The van der Waals surface area contributed by atoms with Crippen LogP contribution in [0.5, 0.6) is 0 Å². The predicted octanol–water partition coefficient (Wildman–Crippen LogP) is 4.28. The van der Waals surface area contributed by atoms with Crippen molar-refractivity contribution in [3.05, 3.63) is 41.0 Å². The molecule has 0 aliphatic heterocycles. The first-order chi connectivity index (χ1) is 10.1.